The molecule has 1 N–H and O–H groups in total. The van der Waals surface area contributed by atoms with E-state index < -0.39 is 0 Å². The van der Waals surface area contributed by atoms with E-state index in [0.717, 1.165) is 42.9 Å². The van der Waals surface area contributed by atoms with Crippen molar-refractivity contribution in [2.24, 2.45) is 0 Å². The first kappa shape index (κ1) is 17.6. The number of amides is 1. The topological polar surface area (TPSA) is 62.3 Å². The Morgan fingerprint density at radius 1 is 0.862 bits per heavy atom. The maximum Gasteiger partial charge on any atom is 0.255 e. The number of hydrogen-bond donors (Lipinski definition) is 1. The average Bonchev–Trinajstić information content (AvgIpc) is 3.07. The number of anilines is 2. The van der Waals surface area contributed by atoms with Crippen molar-refractivity contribution < 1.29 is 9.59 Å². The standard InChI is InChI=1S/C24H21N3O2/c28-22-19-8-3-2-7-17(19)18-11-10-16(15-20(18)22)24(29)26-21-9-6-12-25-23(21)27-13-4-1-5-14-27/h2-3,6-12,15H,1,4-5,13-14H2,(H,26,29). The summed E-state index contributed by atoms with van der Waals surface area (Å²) in [7, 11) is 0. The highest BCUT2D eigenvalue weighted by Gasteiger charge is 2.27. The van der Waals surface area contributed by atoms with Crippen LogP contribution >= 0.6 is 0 Å². The lowest BCUT2D eigenvalue weighted by molar-refractivity contribution is 0.102. The molecule has 0 bridgehead atoms. The van der Waals surface area contributed by atoms with E-state index in [1.165, 1.54) is 6.42 Å². The van der Waals surface area contributed by atoms with Gasteiger partial charge in [-0.15, -0.1) is 0 Å². The van der Waals surface area contributed by atoms with Crippen LogP contribution in [0.15, 0.2) is 60.8 Å². The molecule has 1 amide bonds. The number of hydrogen-bond acceptors (Lipinski definition) is 4. The van der Waals surface area contributed by atoms with Gasteiger partial charge in [-0.3, -0.25) is 9.59 Å². The van der Waals surface area contributed by atoms with Gasteiger partial charge in [0, 0.05) is 36.0 Å². The number of pyridine rings is 1. The van der Waals surface area contributed by atoms with Gasteiger partial charge in [0.15, 0.2) is 11.6 Å². The van der Waals surface area contributed by atoms with Gasteiger partial charge in [-0.2, -0.15) is 0 Å². The third-order valence-corrected chi connectivity index (χ3v) is 5.68. The van der Waals surface area contributed by atoms with Gasteiger partial charge in [0.2, 0.25) is 0 Å². The molecule has 0 unspecified atom stereocenters. The summed E-state index contributed by atoms with van der Waals surface area (Å²) >= 11 is 0. The van der Waals surface area contributed by atoms with E-state index in [0.29, 0.717) is 22.4 Å². The largest absolute Gasteiger partial charge is 0.355 e. The normalized spacial score (nSPS) is 15.0. The zero-order valence-corrected chi connectivity index (χ0v) is 16.0. The highest BCUT2D eigenvalue weighted by molar-refractivity contribution is 6.22. The number of benzene rings is 2. The van der Waals surface area contributed by atoms with Crippen molar-refractivity contribution in [3.05, 3.63) is 77.5 Å². The van der Waals surface area contributed by atoms with Gasteiger partial charge in [-0.05, 0) is 54.7 Å². The smallest absolute Gasteiger partial charge is 0.255 e. The Bertz CT molecular complexity index is 1120. The molecule has 5 rings (SSSR count). The molecule has 0 spiro atoms. The molecule has 1 fully saturated rings. The minimum Gasteiger partial charge on any atom is -0.355 e. The highest BCUT2D eigenvalue weighted by atomic mass is 16.1. The summed E-state index contributed by atoms with van der Waals surface area (Å²) in [6.45, 7) is 1.90. The van der Waals surface area contributed by atoms with Crippen molar-refractivity contribution in [1.29, 1.82) is 0 Å². The number of nitrogens with zero attached hydrogens (tertiary/aromatic N) is 2. The summed E-state index contributed by atoms with van der Waals surface area (Å²) < 4.78 is 0. The van der Waals surface area contributed by atoms with Crippen LogP contribution in [0.5, 0.6) is 0 Å². The number of piperidine rings is 1. The predicted octanol–water partition coefficient (Wildman–Crippen LogP) is 4.54. The summed E-state index contributed by atoms with van der Waals surface area (Å²) in [4.78, 5) is 32.4. The number of carbonyl (C=O) groups excluding carboxylic acids is 2. The first-order chi connectivity index (χ1) is 14.2. The van der Waals surface area contributed by atoms with Gasteiger partial charge in [0.05, 0.1) is 5.69 Å². The maximum atomic E-state index is 13.0. The Hall–Kier alpha value is -3.47. The lowest BCUT2D eigenvalue weighted by Gasteiger charge is -2.29. The van der Waals surface area contributed by atoms with Gasteiger partial charge in [0.25, 0.3) is 5.91 Å². The van der Waals surface area contributed by atoms with E-state index in [1.54, 1.807) is 18.3 Å². The SMILES string of the molecule is O=C(Nc1cccnc1N1CCCCC1)c1ccc2c(c1)C(=O)c1ccccc1-2. The lowest BCUT2D eigenvalue weighted by Crippen LogP contribution is -2.31. The molecule has 29 heavy (non-hydrogen) atoms. The summed E-state index contributed by atoms with van der Waals surface area (Å²) in [5, 5.41) is 3.00. The fourth-order valence-electron chi connectivity index (χ4n) is 4.22. The number of carbonyl (C=O) groups is 2. The summed E-state index contributed by atoms with van der Waals surface area (Å²) in [5.41, 5.74) is 4.27. The minimum absolute atomic E-state index is 0.0272. The van der Waals surface area contributed by atoms with Crippen LogP contribution < -0.4 is 10.2 Å². The second-order valence-corrected chi connectivity index (χ2v) is 7.51. The van der Waals surface area contributed by atoms with E-state index in [-0.39, 0.29) is 11.7 Å². The van der Waals surface area contributed by atoms with Crippen molar-refractivity contribution in [3.63, 3.8) is 0 Å². The van der Waals surface area contributed by atoms with Crippen molar-refractivity contribution in [1.82, 2.24) is 4.98 Å². The zero-order chi connectivity index (χ0) is 19.8. The Labute approximate surface area is 169 Å². The second-order valence-electron chi connectivity index (χ2n) is 7.51. The average molecular weight is 383 g/mol. The number of aromatic nitrogens is 1. The van der Waals surface area contributed by atoms with E-state index in [9.17, 15) is 9.59 Å². The first-order valence-electron chi connectivity index (χ1n) is 10.0. The Balaban J connectivity index is 1.43. The lowest BCUT2D eigenvalue weighted by atomic mass is 10.0. The first-order valence-corrected chi connectivity index (χ1v) is 10.0. The van der Waals surface area contributed by atoms with Crippen LogP contribution in [0.2, 0.25) is 0 Å². The third-order valence-electron chi connectivity index (χ3n) is 5.68. The summed E-state index contributed by atoms with van der Waals surface area (Å²) in [5.74, 6) is 0.550. The molecule has 0 radical (unpaired) electrons. The molecule has 0 saturated carbocycles. The molecular weight excluding hydrogens is 362 g/mol. The minimum atomic E-state index is -0.234. The molecule has 3 aromatic rings. The van der Waals surface area contributed by atoms with Crippen LogP contribution in [0, 0.1) is 0 Å². The molecule has 1 saturated heterocycles. The van der Waals surface area contributed by atoms with Crippen LogP contribution in [0.3, 0.4) is 0 Å². The fourth-order valence-corrected chi connectivity index (χ4v) is 4.22. The molecule has 2 aliphatic rings. The second kappa shape index (κ2) is 7.17. The number of ketones is 1. The highest BCUT2D eigenvalue weighted by Crippen LogP contribution is 2.37. The number of fused-ring (bicyclic) bond motifs is 3. The van der Waals surface area contributed by atoms with Gasteiger partial charge in [0.1, 0.15) is 0 Å². The van der Waals surface area contributed by atoms with E-state index >= 15 is 0 Å². The Kier molecular flexibility index (Phi) is 4.35. The molecule has 1 aliphatic carbocycles. The quantitative estimate of drug-likeness (QED) is 0.564. The van der Waals surface area contributed by atoms with E-state index in [1.807, 2.05) is 42.5 Å². The zero-order valence-electron chi connectivity index (χ0n) is 16.0. The van der Waals surface area contributed by atoms with Gasteiger partial charge < -0.3 is 10.2 Å². The molecule has 5 nitrogen and oxygen atoms in total. The number of rotatable bonds is 3. The molecular formula is C24H21N3O2. The molecule has 2 heterocycles. The van der Waals surface area contributed by atoms with Crippen molar-refractivity contribution in [2.75, 3.05) is 23.3 Å². The molecule has 1 aliphatic heterocycles. The van der Waals surface area contributed by atoms with Crippen LogP contribution in [0.25, 0.3) is 11.1 Å². The maximum absolute atomic E-state index is 13.0. The predicted molar refractivity (Wildman–Crippen MR) is 114 cm³/mol. The monoisotopic (exact) mass is 383 g/mol. The summed E-state index contributed by atoms with van der Waals surface area (Å²) in [6, 6.07) is 16.6. The van der Waals surface area contributed by atoms with Crippen LogP contribution in [0.4, 0.5) is 11.5 Å². The Morgan fingerprint density at radius 3 is 2.45 bits per heavy atom. The molecule has 0 atom stereocenters. The molecule has 5 heteroatoms. The Morgan fingerprint density at radius 2 is 1.62 bits per heavy atom. The molecule has 144 valence electrons. The summed E-state index contributed by atoms with van der Waals surface area (Å²) in [6.07, 6.45) is 5.26. The van der Waals surface area contributed by atoms with E-state index in [2.05, 4.69) is 15.2 Å². The van der Waals surface area contributed by atoms with Crippen molar-refractivity contribution in [2.45, 2.75) is 19.3 Å². The van der Waals surface area contributed by atoms with Gasteiger partial charge in [-0.1, -0.05) is 30.3 Å². The van der Waals surface area contributed by atoms with Crippen LogP contribution in [0.1, 0.15) is 45.5 Å². The number of nitrogens with one attached hydrogen (secondary N) is 1. The van der Waals surface area contributed by atoms with Crippen LogP contribution in [-0.4, -0.2) is 29.8 Å². The molecule has 1 aromatic heterocycles. The van der Waals surface area contributed by atoms with E-state index in [4.69, 9.17) is 0 Å². The van der Waals surface area contributed by atoms with Crippen LogP contribution in [-0.2, 0) is 0 Å². The van der Waals surface area contributed by atoms with Crippen molar-refractivity contribution in [3.8, 4) is 11.1 Å². The fraction of sp³-hybridized carbons (Fsp3) is 0.208. The van der Waals surface area contributed by atoms with Gasteiger partial charge >= 0.3 is 0 Å². The van der Waals surface area contributed by atoms with Crippen molar-refractivity contribution >= 4 is 23.2 Å². The third kappa shape index (κ3) is 3.09. The molecule has 2 aromatic carbocycles. The van der Waals surface area contributed by atoms with Gasteiger partial charge in [-0.25, -0.2) is 4.98 Å².